The zero-order valence-electron chi connectivity index (χ0n) is 14.5. The second kappa shape index (κ2) is 6.64. The van der Waals surface area contributed by atoms with Gasteiger partial charge >= 0.3 is 0 Å². The van der Waals surface area contributed by atoms with Gasteiger partial charge in [-0.3, -0.25) is 14.2 Å². The number of pyridine rings is 1. The van der Waals surface area contributed by atoms with Crippen LogP contribution in [0.25, 0.3) is 5.82 Å². The van der Waals surface area contributed by atoms with Crippen molar-refractivity contribution in [2.45, 2.75) is 12.5 Å². The van der Waals surface area contributed by atoms with Crippen molar-refractivity contribution in [1.29, 1.82) is 0 Å². The molecule has 0 unspecified atom stereocenters. The zero-order valence-corrected chi connectivity index (χ0v) is 14.5. The van der Waals surface area contributed by atoms with E-state index in [0.717, 1.165) is 0 Å². The Morgan fingerprint density at radius 2 is 2.12 bits per heavy atom. The summed E-state index contributed by atoms with van der Waals surface area (Å²) in [5.41, 5.74) is -0.549. The van der Waals surface area contributed by atoms with Crippen LogP contribution in [0.5, 0.6) is 0 Å². The van der Waals surface area contributed by atoms with Crippen molar-refractivity contribution in [3.8, 4) is 5.82 Å². The van der Waals surface area contributed by atoms with E-state index in [1.54, 1.807) is 61.3 Å². The lowest BCUT2D eigenvalue weighted by atomic mass is 10.0. The van der Waals surface area contributed by atoms with Crippen molar-refractivity contribution in [2.24, 2.45) is 0 Å². The van der Waals surface area contributed by atoms with Crippen LogP contribution in [-0.2, 0) is 9.53 Å². The van der Waals surface area contributed by atoms with E-state index < -0.39 is 5.60 Å². The standard InChI is InChI=1S/C17H21N5O3/c1-17(16(24)20(2)3)11-21(8-9-25-17)15(23)13-4-5-14(19-10-13)22-7-6-18-12-22/h4-7,10,12H,8-9,11H2,1-3H3/t17-/m0/s1. The molecule has 1 aliphatic heterocycles. The van der Waals surface area contributed by atoms with Crippen molar-refractivity contribution < 1.29 is 14.3 Å². The molecule has 25 heavy (non-hydrogen) atoms. The Labute approximate surface area is 146 Å². The maximum Gasteiger partial charge on any atom is 0.255 e. The summed E-state index contributed by atoms with van der Waals surface area (Å²) in [5.74, 6) is 0.369. The molecule has 0 bridgehead atoms. The second-order valence-corrected chi connectivity index (χ2v) is 6.38. The highest BCUT2D eigenvalue weighted by Crippen LogP contribution is 2.21. The van der Waals surface area contributed by atoms with Crippen LogP contribution in [0.3, 0.4) is 0 Å². The molecule has 0 spiro atoms. The number of amides is 2. The minimum absolute atomic E-state index is 0.154. The molecule has 8 heteroatoms. The molecule has 2 amide bonds. The van der Waals surface area contributed by atoms with Crippen molar-refractivity contribution >= 4 is 11.8 Å². The first-order valence-electron chi connectivity index (χ1n) is 8.00. The maximum atomic E-state index is 12.8. The van der Waals surface area contributed by atoms with Crippen molar-refractivity contribution in [3.63, 3.8) is 0 Å². The summed E-state index contributed by atoms with van der Waals surface area (Å²) >= 11 is 0. The number of hydrogen-bond acceptors (Lipinski definition) is 5. The van der Waals surface area contributed by atoms with Gasteiger partial charge in [0, 0.05) is 39.2 Å². The summed E-state index contributed by atoms with van der Waals surface area (Å²) in [6.07, 6.45) is 6.63. The molecule has 8 nitrogen and oxygen atoms in total. The molecule has 2 aromatic rings. The molecule has 1 saturated heterocycles. The second-order valence-electron chi connectivity index (χ2n) is 6.38. The molecular formula is C17H21N5O3. The highest BCUT2D eigenvalue weighted by molar-refractivity contribution is 5.95. The largest absolute Gasteiger partial charge is 0.362 e. The smallest absolute Gasteiger partial charge is 0.255 e. The van der Waals surface area contributed by atoms with E-state index >= 15 is 0 Å². The monoisotopic (exact) mass is 343 g/mol. The van der Waals surface area contributed by atoms with Gasteiger partial charge in [0.2, 0.25) is 0 Å². The Bertz CT molecular complexity index is 757. The molecule has 3 heterocycles. The predicted molar refractivity (Wildman–Crippen MR) is 90.3 cm³/mol. The molecule has 0 saturated carbocycles. The maximum absolute atomic E-state index is 12.8. The third kappa shape index (κ3) is 3.39. The molecule has 132 valence electrons. The highest BCUT2D eigenvalue weighted by atomic mass is 16.5. The van der Waals surface area contributed by atoms with Crippen LogP contribution in [0.15, 0.2) is 37.1 Å². The SMILES string of the molecule is CN(C)C(=O)[C@]1(C)CN(C(=O)c2ccc(-n3ccnc3)nc2)CCO1. The van der Waals surface area contributed by atoms with E-state index in [-0.39, 0.29) is 18.4 Å². The number of rotatable bonds is 3. The Morgan fingerprint density at radius 3 is 2.72 bits per heavy atom. The number of nitrogens with zero attached hydrogens (tertiary/aromatic N) is 5. The number of morpholine rings is 1. The number of imidazole rings is 1. The summed E-state index contributed by atoms with van der Waals surface area (Å²) in [7, 11) is 3.35. The first-order valence-corrected chi connectivity index (χ1v) is 8.00. The lowest BCUT2D eigenvalue weighted by Gasteiger charge is -2.40. The fourth-order valence-corrected chi connectivity index (χ4v) is 2.89. The Kier molecular flexibility index (Phi) is 4.54. The molecule has 1 fully saturated rings. The first kappa shape index (κ1) is 17.1. The van der Waals surface area contributed by atoms with Crippen LogP contribution < -0.4 is 0 Å². The third-order valence-electron chi connectivity index (χ3n) is 4.18. The summed E-state index contributed by atoms with van der Waals surface area (Å²) < 4.78 is 7.42. The average Bonchev–Trinajstić information content (AvgIpc) is 3.15. The van der Waals surface area contributed by atoms with Gasteiger partial charge in [-0.1, -0.05) is 0 Å². The van der Waals surface area contributed by atoms with Crippen LogP contribution >= 0.6 is 0 Å². The number of carbonyl (C=O) groups is 2. The van der Waals surface area contributed by atoms with Gasteiger partial charge in [-0.2, -0.15) is 0 Å². The topological polar surface area (TPSA) is 80.6 Å². The number of carbonyl (C=O) groups excluding carboxylic acids is 2. The number of aromatic nitrogens is 3. The number of ether oxygens (including phenoxy) is 1. The van der Waals surface area contributed by atoms with Crippen LogP contribution in [0.2, 0.25) is 0 Å². The van der Waals surface area contributed by atoms with Gasteiger partial charge in [-0.25, -0.2) is 9.97 Å². The van der Waals surface area contributed by atoms with Gasteiger partial charge in [-0.05, 0) is 19.1 Å². The first-order chi connectivity index (χ1) is 11.9. The third-order valence-corrected chi connectivity index (χ3v) is 4.18. The lowest BCUT2D eigenvalue weighted by Crippen LogP contribution is -2.59. The van der Waals surface area contributed by atoms with Crippen molar-refractivity contribution in [1.82, 2.24) is 24.3 Å². The Hall–Kier alpha value is -2.74. The van der Waals surface area contributed by atoms with E-state index in [2.05, 4.69) is 9.97 Å². The van der Waals surface area contributed by atoms with Gasteiger partial charge in [-0.15, -0.1) is 0 Å². The van der Waals surface area contributed by atoms with Crippen molar-refractivity contribution in [2.75, 3.05) is 33.8 Å². The number of hydrogen-bond donors (Lipinski definition) is 0. The van der Waals surface area contributed by atoms with E-state index in [0.29, 0.717) is 24.5 Å². The van der Waals surface area contributed by atoms with E-state index in [1.807, 2.05) is 0 Å². The minimum Gasteiger partial charge on any atom is -0.362 e. The molecule has 0 radical (unpaired) electrons. The Balaban J connectivity index is 1.75. The van der Waals surface area contributed by atoms with E-state index in [1.165, 1.54) is 11.1 Å². The number of likely N-dealkylation sites (N-methyl/N-ethyl adjacent to an activating group) is 1. The van der Waals surface area contributed by atoms with Crippen LogP contribution in [0.1, 0.15) is 17.3 Å². The molecule has 2 aromatic heterocycles. The van der Waals surface area contributed by atoms with E-state index in [9.17, 15) is 9.59 Å². The molecule has 0 N–H and O–H groups in total. The average molecular weight is 343 g/mol. The molecule has 1 aliphatic rings. The highest BCUT2D eigenvalue weighted by Gasteiger charge is 2.41. The molecular weight excluding hydrogens is 322 g/mol. The molecule has 1 atom stereocenters. The van der Waals surface area contributed by atoms with Gasteiger partial charge in [0.05, 0.1) is 18.7 Å². The fourth-order valence-electron chi connectivity index (χ4n) is 2.89. The summed E-state index contributed by atoms with van der Waals surface area (Å²) in [6, 6.07) is 3.49. The normalized spacial score (nSPS) is 20.4. The van der Waals surface area contributed by atoms with Crippen LogP contribution in [0, 0.1) is 0 Å². The van der Waals surface area contributed by atoms with Crippen molar-refractivity contribution in [3.05, 3.63) is 42.6 Å². The summed E-state index contributed by atoms with van der Waals surface area (Å²) in [5, 5.41) is 0. The summed E-state index contributed by atoms with van der Waals surface area (Å²) in [6.45, 7) is 2.70. The molecule has 3 rings (SSSR count). The zero-order chi connectivity index (χ0) is 18.0. The Morgan fingerprint density at radius 1 is 1.32 bits per heavy atom. The predicted octanol–water partition coefficient (Wildman–Crippen LogP) is 0.587. The van der Waals surface area contributed by atoms with Gasteiger partial charge in [0.15, 0.2) is 5.60 Å². The lowest BCUT2D eigenvalue weighted by molar-refractivity contribution is -0.162. The minimum atomic E-state index is -1.03. The molecule has 0 aromatic carbocycles. The van der Waals surface area contributed by atoms with Gasteiger partial charge < -0.3 is 14.5 Å². The van der Waals surface area contributed by atoms with Crippen LogP contribution in [0.4, 0.5) is 0 Å². The van der Waals surface area contributed by atoms with Crippen LogP contribution in [-0.4, -0.2) is 75.5 Å². The van der Waals surface area contributed by atoms with Gasteiger partial charge in [0.1, 0.15) is 12.1 Å². The van der Waals surface area contributed by atoms with Gasteiger partial charge in [0.25, 0.3) is 11.8 Å². The molecule has 0 aliphatic carbocycles. The van der Waals surface area contributed by atoms with E-state index in [4.69, 9.17) is 4.74 Å². The fraction of sp³-hybridized carbons (Fsp3) is 0.412. The summed E-state index contributed by atoms with van der Waals surface area (Å²) in [4.78, 5) is 36.5. The quantitative estimate of drug-likeness (QED) is 0.815.